The van der Waals surface area contributed by atoms with Gasteiger partial charge in [-0.05, 0) is 0 Å². The summed E-state index contributed by atoms with van der Waals surface area (Å²) in [5.41, 5.74) is 0.421. The number of hydrogen-bond donors (Lipinski definition) is 0. The van der Waals surface area contributed by atoms with Gasteiger partial charge in [-0.25, -0.2) is 23.4 Å². The Bertz CT molecular complexity index is 779. The van der Waals surface area contributed by atoms with E-state index >= 15 is 0 Å². The lowest BCUT2D eigenvalue weighted by atomic mass is 9.95. The maximum atomic E-state index is 13.7. The van der Waals surface area contributed by atoms with E-state index in [0.29, 0.717) is 37.0 Å². The summed E-state index contributed by atoms with van der Waals surface area (Å²) in [6.45, 7) is 7.24. The van der Waals surface area contributed by atoms with Crippen molar-refractivity contribution in [2.24, 2.45) is 0 Å². The number of hydrogen-bond acceptors (Lipinski definition) is 5. The van der Waals surface area contributed by atoms with E-state index in [4.69, 9.17) is 9.72 Å². The largest absolute Gasteiger partial charge is 0.377 e. The molecule has 0 atom stereocenters. The molecule has 0 aliphatic carbocycles. The van der Waals surface area contributed by atoms with Crippen molar-refractivity contribution in [3.8, 4) is 0 Å². The fourth-order valence-corrected chi connectivity index (χ4v) is 3.04. The third-order valence-electron chi connectivity index (χ3n) is 4.54. The van der Waals surface area contributed by atoms with Gasteiger partial charge in [0.25, 0.3) is 5.92 Å². The van der Waals surface area contributed by atoms with Gasteiger partial charge in [0.15, 0.2) is 5.65 Å². The smallest absolute Gasteiger partial charge is 0.266 e. The Morgan fingerprint density at radius 2 is 2.00 bits per heavy atom. The van der Waals surface area contributed by atoms with Gasteiger partial charge in [-0.2, -0.15) is 5.10 Å². The molecular formula is C16H21F2N5O. The molecule has 2 aliphatic heterocycles. The summed E-state index contributed by atoms with van der Waals surface area (Å²) in [5.74, 6) is -1.47. The van der Waals surface area contributed by atoms with E-state index in [9.17, 15) is 8.78 Å². The Balaban J connectivity index is 1.86. The van der Waals surface area contributed by atoms with Gasteiger partial charge in [0.05, 0.1) is 31.3 Å². The van der Waals surface area contributed by atoms with E-state index in [-0.39, 0.29) is 24.4 Å². The van der Waals surface area contributed by atoms with E-state index in [2.05, 4.69) is 10.1 Å². The quantitative estimate of drug-likeness (QED) is 0.843. The summed E-state index contributed by atoms with van der Waals surface area (Å²) in [4.78, 5) is 11.0. The van der Waals surface area contributed by atoms with Crippen LogP contribution in [0, 0.1) is 0 Å². The Labute approximate surface area is 138 Å². The molecule has 6 nitrogen and oxygen atoms in total. The molecule has 0 amide bonds. The number of halogens is 2. The summed E-state index contributed by atoms with van der Waals surface area (Å²) in [6.07, 6.45) is 1.54. The minimum atomic E-state index is -2.67. The molecule has 0 unspecified atom stereocenters. The van der Waals surface area contributed by atoms with Crippen molar-refractivity contribution in [3.05, 3.63) is 12.0 Å². The van der Waals surface area contributed by atoms with Crippen molar-refractivity contribution in [2.45, 2.75) is 44.6 Å². The van der Waals surface area contributed by atoms with Crippen LogP contribution in [0.4, 0.5) is 14.6 Å². The van der Waals surface area contributed by atoms with Crippen LogP contribution in [0.2, 0.25) is 0 Å². The van der Waals surface area contributed by atoms with Gasteiger partial charge >= 0.3 is 0 Å². The predicted octanol–water partition coefficient (Wildman–Crippen LogP) is 2.54. The summed E-state index contributed by atoms with van der Waals surface area (Å²) < 4.78 is 34.5. The summed E-state index contributed by atoms with van der Waals surface area (Å²) in [7, 11) is 0. The van der Waals surface area contributed by atoms with Crippen molar-refractivity contribution >= 4 is 16.9 Å². The average molecular weight is 337 g/mol. The lowest BCUT2D eigenvalue weighted by Crippen LogP contribution is -2.32. The van der Waals surface area contributed by atoms with Crippen molar-refractivity contribution < 1.29 is 13.5 Å². The first kappa shape index (κ1) is 15.7. The van der Waals surface area contributed by atoms with Gasteiger partial charge < -0.3 is 9.64 Å². The number of rotatable bonds is 2. The second-order valence-corrected chi connectivity index (χ2v) is 7.67. The van der Waals surface area contributed by atoms with E-state index in [0.717, 1.165) is 5.39 Å². The number of aromatic nitrogens is 4. The van der Waals surface area contributed by atoms with E-state index < -0.39 is 5.92 Å². The SMILES string of the molecule is CC(C)(C)c1nc(N2CCC(F)(F)C2)c2cnn(C3COC3)c2n1. The van der Waals surface area contributed by atoms with Gasteiger partial charge in [-0.15, -0.1) is 0 Å². The third kappa shape index (κ3) is 2.53. The first-order valence-corrected chi connectivity index (χ1v) is 8.21. The lowest BCUT2D eigenvalue weighted by molar-refractivity contribution is -0.0269. The predicted molar refractivity (Wildman–Crippen MR) is 85.7 cm³/mol. The Morgan fingerprint density at radius 3 is 2.54 bits per heavy atom. The Morgan fingerprint density at radius 1 is 1.25 bits per heavy atom. The molecule has 2 aromatic heterocycles. The fourth-order valence-electron chi connectivity index (χ4n) is 3.04. The van der Waals surface area contributed by atoms with E-state index in [1.807, 2.05) is 25.5 Å². The van der Waals surface area contributed by atoms with Gasteiger partial charge in [-0.1, -0.05) is 20.8 Å². The molecule has 0 N–H and O–H groups in total. The molecule has 130 valence electrons. The standard InChI is InChI=1S/C16H21F2N5O/c1-15(2,3)14-20-12(22-5-4-16(17,18)9-22)11-6-19-23(13(11)21-14)10-7-24-8-10/h6,10H,4-5,7-9H2,1-3H3. The molecule has 0 radical (unpaired) electrons. The molecule has 4 heterocycles. The van der Waals surface area contributed by atoms with Crippen LogP contribution in [-0.4, -0.2) is 52.0 Å². The highest BCUT2D eigenvalue weighted by molar-refractivity contribution is 5.87. The van der Waals surface area contributed by atoms with Crippen molar-refractivity contribution in [1.82, 2.24) is 19.7 Å². The van der Waals surface area contributed by atoms with Crippen LogP contribution in [-0.2, 0) is 10.2 Å². The molecule has 0 saturated carbocycles. The number of ether oxygens (including phenoxy) is 1. The van der Waals surface area contributed by atoms with Crippen LogP contribution in [0.5, 0.6) is 0 Å². The molecule has 8 heteroatoms. The number of fused-ring (bicyclic) bond motifs is 1. The van der Waals surface area contributed by atoms with E-state index in [1.165, 1.54) is 0 Å². The van der Waals surface area contributed by atoms with Crippen LogP contribution in [0.25, 0.3) is 11.0 Å². The molecule has 0 spiro atoms. The maximum absolute atomic E-state index is 13.7. The molecule has 24 heavy (non-hydrogen) atoms. The van der Waals surface area contributed by atoms with Gasteiger partial charge in [-0.3, -0.25) is 0 Å². The minimum Gasteiger partial charge on any atom is -0.377 e. The van der Waals surface area contributed by atoms with Gasteiger partial charge in [0, 0.05) is 18.4 Å². The highest BCUT2D eigenvalue weighted by atomic mass is 19.3. The summed E-state index contributed by atoms with van der Waals surface area (Å²) >= 11 is 0. The minimum absolute atomic E-state index is 0.145. The zero-order valence-corrected chi connectivity index (χ0v) is 14.1. The molecule has 2 aromatic rings. The van der Waals surface area contributed by atoms with Gasteiger partial charge in [0.1, 0.15) is 17.7 Å². The lowest BCUT2D eigenvalue weighted by Gasteiger charge is -2.27. The highest BCUT2D eigenvalue weighted by Gasteiger charge is 2.40. The fraction of sp³-hybridized carbons (Fsp3) is 0.688. The Hall–Kier alpha value is -1.83. The summed E-state index contributed by atoms with van der Waals surface area (Å²) in [6, 6.07) is 0.151. The number of nitrogens with zero attached hydrogens (tertiary/aromatic N) is 5. The first-order chi connectivity index (χ1) is 11.2. The van der Waals surface area contributed by atoms with Crippen molar-refractivity contribution in [2.75, 3.05) is 31.2 Å². The molecule has 0 aromatic carbocycles. The van der Waals surface area contributed by atoms with Crippen LogP contribution in [0.15, 0.2) is 6.20 Å². The maximum Gasteiger partial charge on any atom is 0.266 e. The second kappa shape index (κ2) is 5.08. The molecular weight excluding hydrogens is 316 g/mol. The monoisotopic (exact) mass is 337 g/mol. The van der Waals surface area contributed by atoms with Crippen molar-refractivity contribution in [1.29, 1.82) is 0 Å². The van der Waals surface area contributed by atoms with E-state index in [1.54, 1.807) is 11.1 Å². The normalized spacial score (nSPS) is 21.5. The first-order valence-electron chi connectivity index (χ1n) is 8.21. The third-order valence-corrected chi connectivity index (χ3v) is 4.54. The van der Waals surface area contributed by atoms with Crippen LogP contribution in [0.1, 0.15) is 39.1 Å². The molecule has 2 saturated heterocycles. The molecule has 4 rings (SSSR count). The van der Waals surface area contributed by atoms with Crippen molar-refractivity contribution in [3.63, 3.8) is 0 Å². The molecule has 2 fully saturated rings. The second-order valence-electron chi connectivity index (χ2n) is 7.67. The number of alkyl halides is 2. The summed E-state index contributed by atoms with van der Waals surface area (Å²) in [5, 5.41) is 5.16. The topological polar surface area (TPSA) is 56.1 Å². The van der Waals surface area contributed by atoms with Crippen LogP contribution < -0.4 is 4.90 Å². The highest BCUT2D eigenvalue weighted by Crippen LogP contribution is 2.35. The average Bonchev–Trinajstić information content (AvgIpc) is 2.99. The molecule has 0 bridgehead atoms. The zero-order chi connectivity index (χ0) is 17.1. The van der Waals surface area contributed by atoms with Gasteiger partial charge in [0.2, 0.25) is 0 Å². The molecule has 2 aliphatic rings. The van der Waals surface area contributed by atoms with Crippen LogP contribution in [0.3, 0.4) is 0 Å². The number of anilines is 1. The van der Waals surface area contributed by atoms with Crippen LogP contribution >= 0.6 is 0 Å². The Kier molecular flexibility index (Phi) is 3.32. The zero-order valence-electron chi connectivity index (χ0n) is 14.1.